The molecule has 0 aliphatic carbocycles. The molecule has 4 aromatic heterocycles. The highest BCUT2D eigenvalue weighted by Crippen LogP contribution is 2.40. The first-order chi connectivity index (χ1) is 17.0. The summed E-state index contributed by atoms with van der Waals surface area (Å²) in [6.07, 6.45) is 10.2. The third-order valence-electron chi connectivity index (χ3n) is 6.60. The molecule has 1 aromatic carbocycles. The number of furan rings is 1. The van der Waals surface area contributed by atoms with Crippen LogP contribution in [-0.4, -0.2) is 48.9 Å². The standard InChI is InChI=1S/C25H26N6O4/c1-29-13-15(11-26-29)18-9-19-21(10-20(18)33-3)35-24-22(16-12-27-30(2)14-16)28-25(32)31(23(19)24)7-6-17-5-4-8-34-17/h9-14,17H,4-8H2,1-3H3. The lowest BCUT2D eigenvalue weighted by Gasteiger charge is -2.12. The van der Waals surface area contributed by atoms with Gasteiger partial charge in [-0.3, -0.25) is 13.9 Å². The summed E-state index contributed by atoms with van der Waals surface area (Å²) in [7, 11) is 5.33. The summed E-state index contributed by atoms with van der Waals surface area (Å²) in [5.74, 6) is 0.661. The summed E-state index contributed by atoms with van der Waals surface area (Å²) in [4.78, 5) is 17.8. The Morgan fingerprint density at radius 3 is 2.54 bits per heavy atom. The Morgan fingerprint density at radius 2 is 1.89 bits per heavy atom. The molecule has 1 aliphatic rings. The van der Waals surface area contributed by atoms with Crippen LogP contribution in [0.3, 0.4) is 0 Å². The molecule has 1 atom stereocenters. The van der Waals surface area contributed by atoms with Gasteiger partial charge in [-0.2, -0.15) is 15.2 Å². The van der Waals surface area contributed by atoms with E-state index in [0.29, 0.717) is 34.7 Å². The number of aromatic nitrogens is 6. The molecular formula is C25H26N6O4. The van der Waals surface area contributed by atoms with E-state index in [-0.39, 0.29) is 11.8 Å². The van der Waals surface area contributed by atoms with E-state index < -0.39 is 0 Å². The quantitative estimate of drug-likeness (QED) is 0.371. The Balaban J connectivity index is 1.62. The van der Waals surface area contributed by atoms with Gasteiger partial charge in [0.1, 0.15) is 22.5 Å². The average Bonchev–Trinajstić information content (AvgIpc) is 3.64. The van der Waals surface area contributed by atoms with Crippen LogP contribution in [0.5, 0.6) is 5.75 Å². The van der Waals surface area contributed by atoms with Crippen LogP contribution < -0.4 is 10.4 Å². The number of hydrogen-bond acceptors (Lipinski definition) is 7. The van der Waals surface area contributed by atoms with E-state index in [0.717, 1.165) is 47.9 Å². The Labute approximate surface area is 200 Å². The second kappa shape index (κ2) is 8.38. The van der Waals surface area contributed by atoms with Gasteiger partial charge in [0.05, 0.1) is 25.6 Å². The van der Waals surface area contributed by atoms with Crippen molar-refractivity contribution in [3.63, 3.8) is 0 Å². The van der Waals surface area contributed by atoms with Crippen molar-refractivity contribution >= 4 is 22.1 Å². The highest BCUT2D eigenvalue weighted by Gasteiger charge is 2.24. The van der Waals surface area contributed by atoms with Crippen molar-refractivity contribution in [3.8, 4) is 28.1 Å². The first-order valence-corrected chi connectivity index (χ1v) is 11.7. The normalized spacial score (nSPS) is 16.0. The van der Waals surface area contributed by atoms with E-state index in [1.54, 1.807) is 33.4 Å². The van der Waals surface area contributed by atoms with Crippen LogP contribution in [0.25, 0.3) is 44.5 Å². The second-order valence-corrected chi connectivity index (χ2v) is 8.95. The summed E-state index contributed by atoms with van der Waals surface area (Å²) in [5, 5.41) is 9.38. The minimum atomic E-state index is -0.323. The summed E-state index contributed by atoms with van der Waals surface area (Å²) in [6, 6.07) is 3.87. The van der Waals surface area contributed by atoms with Gasteiger partial charge < -0.3 is 13.9 Å². The predicted octanol–water partition coefficient (Wildman–Crippen LogP) is 3.52. The van der Waals surface area contributed by atoms with Gasteiger partial charge in [-0.15, -0.1) is 0 Å². The van der Waals surface area contributed by atoms with Crippen LogP contribution in [0.15, 0.2) is 46.1 Å². The third kappa shape index (κ3) is 3.70. The molecule has 0 radical (unpaired) electrons. The predicted molar refractivity (Wildman–Crippen MR) is 130 cm³/mol. The maximum absolute atomic E-state index is 13.4. The van der Waals surface area contributed by atoms with Crippen LogP contribution >= 0.6 is 0 Å². The molecule has 1 saturated heterocycles. The minimum absolute atomic E-state index is 0.152. The average molecular weight is 475 g/mol. The van der Waals surface area contributed by atoms with E-state index in [1.807, 2.05) is 38.6 Å². The summed E-state index contributed by atoms with van der Waals surface area (Å²) in [6.45, 7) is 1.26. The van der Waals surface area contributed by atoms with Crippen LogP contribution in [0.1, 0.15) is 19.3 Å². The van der Waals surface area contributed by atoms with E-state index in [4.69, 9.17) is 13.9 Å². The van der Waals surface area contributed by atoms with Gasteiger partial charge in [-0.1, -0.05) is 0 Å². The summed E-state index contributed by atoms with van der Waals surface area (Å²) in [5.41, 5.74) is 4.53. The maximum Gasteiger partial charge on any atom is 0.348 e. The monoisotopic (exact) mass is 474 g/mol. The van der Waals surface area contributed by atoms with Crippen LogP contribution in [0.4, 0.5) is 0 Å². The molecular weight excluding hydrogens is 448 g/mol. The molecule has 0 amide bonds. The Bertz CT molecular complexity index is 1600. The van der Waals surface area contributed by atoms with Crippen molar-refractivity contribution < 1.29 is 13.9 Å². The molecule has 35 heavy (non-hydrogen) atoms. The minimum Gasteiger partial charge on any atom is -0.496 e. The first kappa shape index (κ1) is 21.6. The third-order valence-corrected chi connectivity index (χ3v) is 6.60. The molecule has 0 spiro atoms. The number of nitrogens with zero attached hydrogens (tertiary/aromatic N) is 6. The van der Waals surface area contributed by atoms with E-state index in [1.165, 1.54) is 0 Å². The molecule has 0 N–H and O–H groups in total. The van der Waals surface area contributed by atoms with Gasteiger partial charge in [-0.25, -0.2) is 4.79 Å². The Morgan fingerprint density at radius 1 is 1.11 bits per heavy atom. The number of ether oxygens (including phenoxy) is 2. The Hall–Kier alpha value is -3.92. The molecule has 10 heteroatoms. The molecule has 1 fully saturated rings. The number of hydrogen-bond donors (Lipinski definition) is 0. The van der Waals surface area contributed by atoms with Crippen molar-refractivity contribution in [3.05, 3.63) is 47.4 Å². The molecule has 0 saturated carbocycles. The molecule has 5 aromatic rings. The van der Waals surface area contributed by atoms with Gasteiger partial charge in [0.2, 0.25) is 0 Å². The SMILES string of the molecule is COc1cc2oc3c(-c4cnn(C)c4)nc(=O)n(CCC4CCCO4)c3c2cc1-c1cnn(C)c1. The number of rotatable bonds is 6. The lowest BCUT2D eigenvalue weighted by Crippen LogP contribution is -2.25. The number of aryl methyl sites for hydroxylation is 3. The van der Waals surface area contributed by atoms with Gasteiger partial charge in [0, 0.05) is 67.8 Å². The summed E-state index contributed by atoms with van der Waals surface area (Å²) >= 11 is 0. The highest BCUT2D eigenvalue weighted by molar-refractivity contribution is 6.08. The summed E-state index contributed by atoms with van der Waals surface area (Å²) < 4.78 is 23.0. The topological polar surface area (TPSA) is 102 Å². The van der Waals surface area contributed by atoms with Crippen molar-refractivity contribution in [2.75, 3.05) is 13.7 Å². The molecule has 1 unspecified atom stereocenters. The van der Waals surface area contributed by atoms with Crippen LogP contribution in [0.2, 0.25) is 0 Å². The van der Waals surface area contributed by atoms with Gasteiger partial charge >= 0.3 is 5.69 Å². The van der Waals surface area contributed by atoms with Gasteiger partial charge in [-0.05, 0) is 25.3 Å². The fourth-order valence-electron chi connectivity index (χ4n) is 4.89. The number of benzene rings is 1. The number of fused-ring (bicyclic) bond motifs is 3. The Kier molecular flexibility index (Phi) is 5.18. The zero-order chi connectivity index (χ0) is 24.1. The van der Waals surface area contributed by atoms with Crippen molar-refractivity contribution in [1.82, 2.24) is 29.1 Å². The van der Waals surface area contributed by atoms with Crippen molar-refractivity contribution in [2.24, 2.45) is 14.1 Å². The second-order valence-electron chi connectivity index (χ2n) is 8.95. The molecule has 6 rings (SSSR count). The van der Waals surface area contributed by atoms with Crippen LogP contribution in [-0.2, 0) is 25.4 Å². The van der Waals surface area contributed by atoms with E-state index in [9.17, 15) is 4.79 Å². The van der Waals surface area contributed by atoms with Gasteiger partial charge in [0.25, 0.3) is 0 Å². The van der Waals surface area contributed by atoms with Crippen LogP contribution in [0, 0.1) is 0 Å². The molecule has 0 bridgehead atoms. The highest BCUT2D eigenvalue weighted by atomic mass is 16.5. The maximum atomic E-state index is 13.4. The first-order valence-electron chi connectivity index (χ1n) is 11.7. The zero-order valence-electron chi connectivity index (χ0n) is 19.9. The fraction of sp³-hybridized carbons (Fsp3) is 0.360. The van der Waals surface area contributed by atoms with Gasteiger partial charge in [0.15, 0.2) is 5.58 Å². The largest absolute Gasteiger partial charge is 0.496 e. The smallest absolute Gasteiger partial charge is 0.348 e. The zero-order valence-corrected chi connectivity index (χ0v) is 19.9. The van der Waals surface area contributed by atoms with E-state index >= 15 is 0 Å². The fourth-order valence-corrected chi connectivity index (χ4v) is 4.89. The van der Waals surface area contributed by atoms with Crippen molar-refractivity contribution in [2.45, 2.75) is 31.9 Å². The molecule has 1 aliphatic heterocycles. The lowest BCUT2D eigenvalue weighted by molar-refractivity contribution is 0.100. The van der Waals surface area contributed by atoms with Crippen molar-refractivity contribution in [1.29, 1.82) is 0 Å². The molecule has 10 nitrogen and oxygen atoms in total. The molecule has 5 heterocycles. The molecule has 180 valence electrons. The lowest BCUT2D eigenvalue weighted by atomic mass is 10.0. The number of methoxy groups -OCH3 is 1. The van der Waals surface area contributed by atoms with E-state index in [2.05, 4.69) is 15.2 Å².